The number of aryl methyl sites for hydroxylation is 4. The number of fused-ring (bicyclic) bond motifs is 2. The van der Waals surface area contributed by atoms with Crippen molar-refractivity contribution in [3.8, 4) is 0 Å². The number of ether oxygens (including phenoxy) is 1. The van der Waals surface area contributed by atoms with Crippen molar-refractivity contribution in [2.45, 2.75) is 59.4 Å². The molecule has 0 bridgehead atoms. The van der Waals surface area contributed by atoms with Gasteiger partial charge in [0.2, 0.25) is 0 Å². The van der Waals surface area contributed by atoms with E-state index in [2.05, 4.69) is 24.6 Å². The summed E-state index contributed by atoms with van der Waals surface area (Å²) in [6.07, 6.45) is 4.42. The smallest absolute Gasteiger partial charge is 0.358 e. The molecule has 0 N–H and O–H groups in total. The van der Waals surface area contributed by atoms with E-state index in [4.69, 9.17) is 4.74 Å². The van der Waals surface area contributed by atoms with Crippen LogP contribution in [0.3, 0.4) is 0 Å². The Balaban J connectivity index is 1.35. The van der Waals surface area contributed by atoms with Gasteiger partial charge in [-0.25, -0.2) is 19.3 Å². The van der Waals surface area contributed by atoms with Crippen LogP contribution >= 0.6 is 0 Å². The lowest BCUT2D eigenvalue weighted by molar-refractivity contribution is 0.0492. The fourth-order valence-corrected chi connectivity index (χ4v) is 3.66. The van der Waals surface area contributed by atoms with Crippen molar-refractivity contribution in [2.24, 2.45) is 0 Å². The van der Waals surface area contributed by atoms with E-state index in [-0.39, 0.29) is 5.97 Å². The maximum atomic E-state index is 12.4. The molecule has 1 aliphatic heterocycles. The first-order valence-electron chi connectivity index (χ1n) is 9.46. The molecule has 3 aromatic heterocycles. The fourth-order valence-electron chi connectivity index (χ4n) is 3.66. The van der Waals surface area contributed by atoms with Gasteiger partial charge in [-0.1, -0.05) is 0 Å². The molecule has 142 valence electrons. The number of carbonyl (C=O) groups excluding carboxylic acids is 1. The van der Waals surface area contributed by atoms with Gasteiger partial charge in [-0.3, -0.25) is 0 Å². The third-order valence-corrected chi connectivity index (χ3v) is 4.94. The lowest BCUT2D eigenvalue weighted by Crippen LogP contribution is -2.15. The molecule has 0 aliphatic carbocycles. The lowest BCUT2D eigenvalue weighted by atomic mass is 10.1. The molecule has 8 nitrogen and oxygen atoms in total. The first kappa shape index (κ1) is 17.6. The number of carbonyl (C=O) groups is 1. The first-order chi connectivity index (χ1) is 13.0. The molecular weight excluding hydrogens is 344 g/mol. The van der Waals surface area contributed by atoms with E-state index < -0.39 is 0 Å². The van der Waals surface area contributed by atoms with Gasteiger partial charge >= 0.3 is 5.97 Å². The number of hydrogen-bond acceptors (Lipinski definition) is 6. The highest BCUT2D eigenvalue weighted by Gasteiger charge is 2.23. The maximum absolute atomic E-state index is 12.4. The zero-order valence-electron chi connectivity index (χ0n) is 16.0. The monoisotopic (exact) mass is 368 g/mol. The van der Waals surface area contributed by atoms with Crippen LogP contribution in [-0.4, -0.2) is 41.7 Å². The zero-order chi connectivity index (χ0) is 19.0. The highest BCUT2D eigenvalue weighted by Crippen LogP contribution is 2.21. The summed E-state index contributed by atoms with van der Waals surface area (Å²) in [5.41, 5.74) is 3.42. The molecule has 4 rings (SSSR count). The summed E-state index contributed by atoms with van der Waals surface area (Å²) in [4.78, 5) is 25.7. The Bertz CT molecular complexity index is 1000. The largest absolute Gasteiger partial charge is 0.461 e. The minimum absolute atomic E-state index is 0.325. The normalized spacial score (nSPS) is 13.7. The van der Waals surface area contributed by atoms with Crippen molar-refractivity contribution in [1.82, 2.24) is 29.1 Å². The van der Waals surface area contributed by atoms with Gasteiger partial charge in [0.05, 0.1) is 12.3 Å². The summed E-state index contributed by atoms with van der Waals surface area (Å²) in [5.74, 6) is 1.88. The van der Waals surface area contributed by atoms with Crippen LogP contribution in [-0.2, 0) is 24.1 Å². The summed E-state index contributed by atoms with van der Waals surface area (Å²) in [7, 11) is 0. The summed E-state index contributed by atoms with van der Waals surface area (Å²) in [6, 6.07) is 1.97. The van der Waals surface area contributed by atoms with E-state index in [9.17, 15) is 4.79 Å². The molecule has 3 aromatic rings. The Morgan fingerprint density at radius 3 is 2.89 bits per heavy atom. The number of imidazole rings is 1. The summed E-state index contributed by atoms with van der Waals surface area (Å²) >= 11 is 0. The Kier molecular flexibility index (Phi) is 4.63. The van der Waals surface area contributed by atoms with Gasteiger partial charge < -0.3 is 9.30 Å². The molecule has 1 aliphatic rings. The van der Waals surface area contributed by atoms with Gasteiger partial charge in [-0.05, 0) is 52.5 Å². The molecule has 0 saturated heterocycles. The van der Waals surface area contributed by atoms with Crippen molar-refractivity contribution >= 4 is 11.7 Å². The quantitative estimate of drug-likeness (QED) is 0.507. The maximum Gasteiger partial charge on any atom is 0.358 e. The molecular formula is C19H24N6O2. The van der Waals surface area contributed by atoms with Gasteiger partial charge in [-0.15, -0.1) is 5.10 Å². The molecule has 27 heavy (non-hydrogen) atoms. The van der Waals surface area contributed by atoms with Crippen molar-refractivity contribution in [3.05, 3.63) is 40.5 Å². The van der Waals surface area contributed by atoms with Crippen LogP contribution in [0.1, 0.15) is 58.5 Å². The molecule has 0 radical (unpaired) electrons. The molecule has 0 fully saturated rings. The summed E-state index contributed by atoms with van der Waals surface area (Å²) in [6.45, 7) is 7.13. The Labute approximate surface area is 157 Å². The van der Waals surface area contributed by atoms with Crippen LogP contribution in [0, 0.1) is 20.8 Å². The Morgan fingerprint density at radius 2 is 2.04 bits per heavy atom. The second-order valence-electron chi connectivity index (χ2n) is 7.08. The standard InChI is InChI=1S/C19H24N6O2/c1-12-11-13(2)25-19(20-12)22-16(23-25)8-6-10-27-18(26)17-15-7-4-5-9-24(15)14(3)21-17/h11H,4-10H2,1-3H3. The van der Waals surface area contributed by atoms with Crippen LogP contribution in [0.15, 0.2) is 6.07 Å². The predicted molar refractivity (Wildman–Crippen MR) is 98.8 cm³/mol. The average molecular weight is 368 g/mol. The second kappa shape index (κ2) is 7.09. The average Bonchev–Trinajstić information content (AvgIpc) is 3.20. The van der Waals surface area contributed by atoms with Crippen LogP contribution in [0.25, 0.3) is 5.78 Å². The molecule has 0 saturated carbocycles. The van der Waals surface area contributed by atoms with Crippen LogP contribution in [0.4, 0.5) is 0 Å². The van der Waals surface area contributed by atoms with Gasteiger partial charge in [-0.2, -0.15) is 4.98 Å². The highest BCUT2D eigenvalue weighted by atomic mass is 16.5. The van der Waals surface area contributed by atoms with Crippen LogP contribution in [0.2, 0.25) is 0 Å². The first-order valence-corrected chi connectivity index (χ1v) is 9.46. The molecule has 4 heterocycles. The number of rotatable bonds is 5. The van der Waals surface area contributed by atoms with Crippen LogP contribution in [0.5, 0.6) is 0 Å². The van der Waals surface area contributed by atoms with E-state index in [1.165, 1.54) is 0 Å². The van der Waals surface area contributed by atoms with E-state index >= 15 is 0 Å². The minimum atomic E-state index is -0.329. The van der Waals surface area contributed by atoms with E-state index in [0.29, 0.717) is 36.7 Å². The van der Waals surface area contributed by atoms with Gasteiger partial charge in [0.15, 0.2) is 11.5 Å². The fraction of sp³-hybridized carbons (Fsp3) is 0.526. The molecule has 0 unspecified atom stereocenters. The molecule has 0 atom stereocenters. The third-order valence-electron chi connectivity index (χ3n) is 4.94. The Morgan fingerprint density at radius 1 is 1.19 bits per heavy atom. The highest BCUT2D eigenvalue weighted by molar-refractivity contribution is 5.88. The van der Waals surface area contributed by atoms with Crippen molar-refractivity contribution in [2.75, 3.05) is 6.61 Å². The molecule has 0 spiro atoms. The third kappa shape index (κ3) is 3.43. The second-order valence-corrected chi connectivity index (χ2v) is 7.08. The van der Waals surface area contributed by atoms with Crippen LogP contribution < -0.4 is 0 Å². The Hall–Kier alpha value is -2.77. The molecule has 0 aromatic carbocycles. The number of aromatic nitrogens is 6. The van der Waals surface area contributed by atoms with E-state index in [1.54, 1.807) is 4.52 Å². The van der Waals surface area contributed by atoms with Gasteiger partial charge in [0, 0.05) is 24.4 Å². The van der Waals surface area contributed by atoms with Crippen molar-refractivity contribution < 1.29 is 9.53 Å². The van der Waals surface area contributed by atoms with E-state index in [0.717, 1.165) is 48.7 Å². The topological polar surface area (TPSA) is 87.2 Å². The number of nitrogens with zero attached hydrogens (tertiary/aromatic N) is 6. The molecule has 0 amide bonds. The SMILES string of the molecule is Cc1cc(C)n2nc(CCCOC(=O)c3nc(C)n4c3CCCC4)nc2n1. The van der Waals surface area contributed by atoms with Crippen molar-refractivity contribution in [1.29, 1.82) is 0 Å². The zero-order valence-corrected chi connectivity index (χ0v) is 16.0. The molecule has 8 heteroatoms. The number of hydrogen-bond donors (Lipinski definition) is 0. The predicted octanol–water partition coefficient (Wildman–Crippen LogP) is 2.37. The van der Waals surface area contributed by atoms with Crippen molar-refractivity contribution in [3.63, 3.8) is 0 Å². The number of esters is 1. The van der Waals surface area contributed by atoms with E-state index in [1.807, 2.05) is 26.8 Å². The summed E-state index contributed by atoms with van der Waals surface area (Å²) < 4.78 is 9.33. The van der Waals surface area contributed by atoms with Gasteiger partial charge in [0.1, 0.15) is 5.82 Å². The minimum Gasteiger partial charge on any atom is -0.461 e. The van der Waals surface area contributed by atoms with Gasteiger partial charge in [0.25, 0.3) is 5.78 Å². The summed E-state index contributed by atoms with van der Waals surface area (Å²) in [5, 5.41) is 4.48. The lowest BCUT2D eigenvalue weighted by Gasteiger charge is -2.16.